The summed E-state index contributed by atoms with van der Waals surface area (Å²) >= 11 is 0. The van der Waals surface area contributed by atoms with Gasteiger partial charge in [0.25, 0.3) is 0 Å². The van der Waals surface area contributed by atoms with Crippen LogP contribution in [0.25, 0.3) is 0 Å². The van der Waals surface area contributed by atoms with Gasteiger partial charge >= 0.3 is 6.18 Å². The average molecular weight is 428 g/mol. The molecule has 1 atom stereocenters. The third kappa shape index (κ3) is 7.48. The molecule has 0 bridgehead atoms. The van der Waals surface area contributed by atoms with Crippen LogP contribution in [0.1, 0.15) is 49.8 Å². The van der Waals surface area contributed by atoms with E-state index in [4.69, 9.17) is 0 Å². The minimum Gasteiger partial charge on any atom is -0.208 e. The Morgan fingerprint density at radius 1 is 0.931 bits per heavy atom. The van der Waals surface area contributed by atoms with Crippen molar-refractivity contribution >= 4 is 10.0 Å². The number of aryl methyl sites for hydroxylation is 1. The van der Waals surface area contributed by atoms with Gasteiger partial charge in [-0.05, 0) is 55.5 Å². The van der Waals surface area contributed by atoms with Gasteiger partial charge in [-0.1, -0.05) is 56.5 Å². The van der Waals surface area contributed by atoms with Crippen molar-refractivity contribution in [1.29, 1.82) is 0 Å². The van der Waals surface area contributed by atoms with Gasteiger partial charge in [-0.15, -0.1) is 0 Å². The zero-order valence-electron chi connectivity index (χ0n) is 17.0. The van der Waals surface area contributed by atoms with Gasteiger partial charge in [-0.2, -0.15) is 13.2 Å². The van der Waals surface area contributed by atoms with Crippen molar-refractivity contribution < 1.29 is 21.6 Å². The Labute approximate surface area is 171 Å². The van der Waals surface area contributed by atoms with E-state index in [0.717, 1.165) is 30.5 Å². The Bertz CT molecular complexity index is 874. The lowest BCUT2D eigenvalue weighted by molar-refractivity contribution is -0.137. The predicted molar refractivity (Wildman–Crippen MR) is 109 cm³/mol. The largest absolute Gasteiger partial charge is 0.416 e. The van der Waals surface area contributed by atoms with E-state index >= 15 is 0 Å². The molecule has 2 aromatic carbocycles. The second-order valence-electron chi connectivity index (χ2n) is 7.85. The molecule has 0 saturated carbocycles. The van der Waals surface area contributed by atoms with Crippen molar-refractivity contribution in [3.8, 4) is 0 Å². The first kappa shape index (κ1) is 23.4. The van der Waals surface area contributed by atoms with E-state index < -0.39 is 27.8 Å². The number of rotatable bonds is 9. The molecule has 0 spiro atoms. The standard InChI is InChI=1S/C22H28F3NO2S/c1-16(2)5-4-6-20(15-18-9-11-19(12-10-18)22(23,24)25)26-29(27,28)21-13-7-17(3)8-14-21/h7-14,16,20,26H,4-6,15H2,1-3H3. The fourth-order valence-corrected chi connectivity index (χ4v) is 4.36. The molecule has 7 heteroatoms. The highest BCUT2D eigenvalue weighted by Gasteiger charge is 2.30. The number of alkyl halides is 3. The molecule has 0 amide bonds. The molecule has 1 unspecified atom stereocenters. The molecular formula is C22H28F3NO2S. The van der Waals surface area contributed by atoms with Gasteiger partial charge in [0.2, 0.25) is 10.0 Å². The highest BCUT2D eigenvalue weighted by atomic mass is 32.2. The molecule has 29 heavy (non-hydrogen) atoms. The summed E-state index contributed by atoms with van der Waals surface area (Å²) in [5.74, 6) is 0.496. The molecule has 2 aromatic rings. The van der Waals surface area contributed by atoms with Crippen molar-refractivity contribution in [3.05, 3.63) is 65.2 Å². The molecule has 0 heterocycles. The Morgan fingerprint density at radius 2 is 1.52 bits per heavy atom. The Morgan fingerprint density at radius 3 is 2.03 bits per heavy atom. The van der Waals surface area contributed by atoms with E-state index in [9.17, 15) is 21.6 Å². The zero-order valence-corrected chi connectivity index (χ0v) is 17.8. The minimum absolute atomic E-state index is 0.185. The van der Waals surface area contributed by atoms with Crippen LogP contribution in [-0.2, 0) is 22.6 Å². The monoisotopic (exact) mass is 427 g/mol. The molecular weight excluding hydrogens is 399 g/mol. The fourth-order valence-electron chi connectivity index (χ4n) is 3.09. The normalized spacial score (nSPS) is 13.6. The minimum atomic E-state index is -4.39. The summed E-state index contributed by atoms with van der Waals surface area (Å²) in [5, 5.41) is 0. The molecule has 3 nitrogen and oxygen atoms in total. The molecule has 160 valence electrons. The van der Waals surface area contributed by atoms with Crippen LogP contribution in [0.5, 0.6) is 0 Å². The van der Waals surface area contributed by atoms with Gasteiger partial charge in [0.1, 0.15) is 0 Å². The first-order chi connectivity index (χ1) is 13.5. The highest BCUT2D eigenvalue weighted by Crippen LogP contribution is 2.29. The number of hydrogen-bond acceptors (Lipinski definition) is 2. The first-order valence-corrected chi connectivity index (χ1v) is 11.2. The SMILES string of the molecule is Cc1ccc(S(=O)(=O)NC(CCCC(C)C)Cc2ccc(C(F)(F)F)cc2)cc1. The number of nitrogens with one attached hydrogen (secondary N) is 1. The van der Waals surface area contributed by atoms with Crippen LogP contribution in [0.15, 0.2) is 53.4 Å². The van der Waals surface area contributed by atoms with Crippen molar-refractivity contribution in [3.63, 3.8) is 0 Å². The third-order valence-electron chi connectivity index (χ3n) is 4.75. The lowest BCUT2D eigenvalue weighted by Gasteiger charge is -2.20. The number of sulfonamides is 1. The molecule has 0 saturated heterocycles. The summed E-state index contributed by atoms with van der Waals surface area (Å²) in [7, 11) is -3.71. The van der Waals surface area contributed by atoms with E-state index in [-0.39, 0.29) is 4.90 Å². The summed E-state index contributed by atoms with van der Waals surface area (Å²) in [6.07, 6.45) is -1.65. The number of benzene rings is 2. The molecule has 0 aliphatic heterocycles. The molecule has 0 fully saturated rings. The van der Waals surface area contributed by atoms with E-state index in [1.54, 1.807) is 24.3 Å². The molecule has 0 aliphatic carbocycles. The maximum absolute atomic E-state index is 12.8. The van der Waals surface area contributed by atoms with Crippen LogP contribution in [0, 0.1) is 12.8 Å². The molecule has 1 N–H and O–H groups in total. The van der Waals surface area contributed by atoms with Crippen LogP contribution in [0.2, 0.25) is 0 Å². The quantitative estimate of drug-likeness (QED) is 0.556. The van der Waals surface area contributed by atoms with Gasteiger partial charge in [0.05, 0.1) is 10.5 Å². The van der Waals surface area contributed by atoms with E-state index in [1.807, 2.05) is 6.92 Å². The van der Waals surface area contributed by atoms with Crippen molar-refractivity contribution in [2.45, 2.75) is 63.6 Å². The van der Waals surface area contributed by atoms with Crippen LogP contribution in [0.3, 0.4) is 0 Å². The maximum atomic E-state index is 12.8. The van der Waals surface area contributed by atoms with Gasteiger partial charge in [-0.25, -0.2) is 13.1 Å². The molecule has 2 rings (SSSR count). The van der Waals surface area contributed by atoms with E-state index in [2.05, 4.69) is 18.6 Å². The number of hydrogen-bond donors (Lipinski definition) is 1. The number of halogens is 3. The lowest BCUT2D eigenvalue weighted by Crippen LogP contribution is -2.36. The predicted octanol–water partition coefficient (Wildman–Crippen LogP) is 5.73. The van der Waals surface area contributed by atoms with Crippen LogP contribution < -0.4 is 4.72 Å². The van der Waals surface area contributed by atoms with E-state index in [1.165, 1.54) is 12.1 Å². The van der Waals surface area contributed by atoms with Gasteiger partial charge < -0.3 is 0 Å². The fraction of sp³-hybridized carbons (Fsp3) is 0.455. The Balaban J connectivity index is 2.16. The summed E-state index contributed by atoms with van der Waals surface area (Å²) in [6, 6.07) is 11.1. The van der Waals surface area contributed by atoms with Crippen molar-refractivity contribution in [2.75, 3.05) is 0 Å². The van der Waals surface area contributed by atoms with E-state index in [0.29, 0.717) is 24.3 Å². The van der Waals surface area contributed by atoms with Crippen LogP contribution >= 0.6 is 0 Å². The summed E-state index contributed by atoms with van der Waals surface area (Å²) in [6.45, 7) is 6.08. The van der Waals surface area contributed by atoms with Gasteiger partial charge in [0, 0.05) is 6.04 Å². The Hall–Kier alpha value is -1.86. The molecule has 0 aliphatic rings. The Kier molecular flexibility index (Phi) is 7.88. The summed E-state index contributed by atoms with van der Waals surface area (Å²) in [4.78, 5) is 0.185. The maximum Gasteiger partial charge on any atom is 0.416 e. The smallest absolute Gasteiger partial charge is 0.208 e. The topological polar surface area (TPSA) is 46.2 Å². The summed E-state index contributed by atoms with van der Waals surface area (Å²) < 4.78 is 66.6. The average Bonchev–Trinajstić information content (AvgIpc) is 2.61. The van der Waals surface area contributed by atoms with Crippen molar-refractivity contribution in [2.24, 2.45) is 5.92 Å². The van der Waals surface area contributed by atoms with Crippen LogP contribution in [0.4, 0.5) is 13.2 Å². The highest BCUT2D eigenvalue weighted by molar-refractivity contribution is 7.89. The summed E-state index contributed by atoms with van der Waals surface area (Å²) in [5.41, 5.74) is 0.916. The zero-order chi connectivity index (χ0) is 21.7. The molecule has 0 aromatic heterocycles. The second kappa shape index (κ2) is 9.76. The third-order valence-corrected chi connectivity index (χ3v) is 6.29. The van der Waals surface area contributed by atoms with Gasteiger partial charge in [0.15, 0.2) is 0 Å². The van der Waals surface area contributed by atoms with Gasteiger partial charge in [-0.3, -0.25) is 0 Å². The van der Waals surface area contributed by atoms with Crippen LogP contribution in [-0.4, -0.2) is 14.5 Å². The molecule has 0 radical (unpaired) electrons. The first-order valence-electron chi connectivity index (χ1n) is 9.72. The van der Waals surface area contributed by atoms with Crippen molar-refractivity contribution in [1.82, 2.24) is 4.72 Å². The lowest BCUT2D eigenvalue weighted by atomic mass is 9.98. The second-order valence-corrected chi connectivity index (χ2v) is 9.57.